The van der Waals surface area contributed by atoms with Crippen molar-refractivity contribution in [1.29, 1.82) is 0 Å². The van der Waals surface area contributed by atoms with Crippen LogP contribution in [0.4, 0.5) is 19.1 Å². The Kier molecular flexibility index (Phi) is 4.62. The highest BCUT2D eigenvalue weighted by Gasteiger charge is 2.35. The normalized spacial score (nSPS) is 13.4. The number of ether oxygens (including phenoxy) is 1. The number of nitrogens with two attached hydrogens (primary N) is 1. The van der Waals surface area contributed by atoms with Gasteiger partial charge in [0.05, 0.1) is 12.5 Å². The zero-order valence-corrected chi connectivity index (χ0v) is 9.41. The molecule has 0 aliphatic carbocycles. The number of rotatable bonds is 5. The van der Waals surface area contributed by atoms with Crippen molar-refractivity contribution in [2.24, 2.45) is 5.73 Å². The van der Waals surface area contributed by atoms with Crippen LogP contribution in [0, 0.1) is 0 Å². The summed E-state index contributed by atoms with van der Waals surface area (Å²) in [7, 11) is 1.37. The molecule has 1 amide bonds. The fourth-order valence-corrected chi connectivity index (χ4v) is 1.09. The van der Waals surface area contributed by atoms with E-state index in [1.807, 2.05) is 0 Å². The summed E-state index contributed by atoms with van der Waals surface area (Å²) in [5.41, 5.74) is 5.29. The number of H-pyrrole nitrogens is 1. The molecule has 1 rings (SSSR count). The van der Waals surface area contributed by atoms with Gasteiger partial charge < -0.3 is 10.5 Å². The number of carbonyl (C=O) groups is 1. The molecule has 0 spiro atoms. The average Bonchev–Trinajstić information content (AvgIpc) is 2.74. The molecule has 0 bridgehead atoms. The zero-order chi connectivity index (χ0) is 13.8. The first-order valence-corrected chi connectivity index (χ1v) is 4.89. The summed E-state index contributed by atoms with van der Waals surface area (Å²) in [5.74, 6) is -2.31. The summed E-state index contributed by atoms with van der Waals surface area (Å²) in [4.78, 5) is 14.5. The summed E-state index contributed by atoms with van der Waals surface area (Å²) in [6, 6.07) is 0. The van der Waals surface area contributed by atoms with Crippen LogP contribution >= 0.6 is 0 Å². The van der Waals surface area contributed by atoms with Crippen LogP contribution in [0.15, 0.2) is 0 Å². The first kappa shape index (κ1) is 14.4. The number of nitrogens with zero attached hydrogens (tertiary/aromatic N) is 2. The Bertz CT molecular complexity index is 402. The lowest BCUT2D eigenvalue weighted by Crippen LogP contribution is -2.28. The Morgan fingerprint density at radius 3 is 2.72 bits per heavy atom. The summed E-state index contributed by atoms with van der Waals surface area (Å²) >= 11 is 0. The maximum Gasteiger partial charge on any atom is 0.451 e. The smallest absolute Gasteiger partial charge is 0.380 e. The largest absolute Gasteiger partial charge is 0.451 e. The van der Waals surface area contributed by atoms with Gasteiger partial charge in [-0.25, -0.2) is 0 Å². The number of anilines is 1. The van der Waals surface area contributed by atoms with Gasteiger partial charge in [-0.2, -0.15) is 18.2 Å². The molecule has 0 saturated carbocycles. The van der Waals surface area contributed by atoms with E-state index in [2.05, 4.69) is 15.4 Å². The van der Waals surface area contributed by atoms with E-state index in [4.69, 9.17) is 10.5 Å². The number of amides is 1. The van der Waals surface area contributed by atoms with Gasteiger partial charge in [0.25, 0.3) is 0 Å². The number of nitrogens with one attached hydrogen (secondary N) is 2. The summed E-state index contributed by atoms with van der Waals surface area (Å²) in [6.45, 7) is 0.117. The van der Waals surface area contributed by atoms with Gasteiger partial charge in [-0.05, 0) is 0 Å². The topological polar surface area (TPSA) is 106 Å². The molecule has 4 N–H and O–H groups in total. The second-order valence-corrected chi connectivity index (χ2v) is 3.35. The second-order valence-electron chi connectivity index (χ2n) is 3.35. The van der Waals surface area contributed by atoms with Crippen molar-refractivity contribution in [1.82, 2.24) is 15.2 Å². The molecule has 0 aliphatic heterocycles. The number of hydrogen-bond donors (Lipinski definition) is 3. The number of aromatic nitrogens is 3. The van der Waals surface area contributed by atoms with Gasteiger partial charge in [-0.1, -0.05) is 0 Å². The fraction of sp³-hybridized carbons (Fsp3) is 0.625. The predicted octanol–water partition coefficient (Wildman–Crippen LogP) is 0.126. The lowest BCUT2D eigenvalue weighted by atomic mass is 10.2. The van der Waals surface area contributed by atoms with E-state index in [1.165, 1.54) is 7.11 Å². The van der Waals surface area contributed by atoms with Gasteiger partial charge in [0.2, 0.25) is 17.7 Å². The van der Waals surface area contributed by atoms with Gasteiger partial charge in [0, 0.05) is 13.7 Å². The van der Waals surface area contributed by atoms with Crippen molar-refractivity contribution < 1.29 is 22.7 Å². The van der Waals surface area contributed by atoms with E-state index >= 15 is 0 Å². The van der Waals surface area contributed by atoms with Crippen LogP contribution in [0.3, 0.4) is 0 Å². The Hall–Kier alpha value is -1.68. The van der Waals surface area contributed by atoms with Crippen LogP contribution in [-0.2, 0) is 15.7 Å². The first-order chi connectivity index (χ1) is 8.36. The number of aromatic amines is 1. The minimum absolute atomic E-state index is 0.0944. The first-order valence-electron chi connectivity index (χ1n) is 4.89. The van der Waals surface area contributed by atoms with Gasteiger partial charge in [-0.3, -0.25) is 15.2 Å². The maximum absolute atomic E-state index is 12.2. The van der Waals surface area contributed by atoms with Crippen LogP contribution in [0.2, 0.25) is 0 Å². The third-order valence-electron chi connectivity index (χ3n) is 2.01. The van der Waals surface area contributed by atoms with Gasteiger partial charge in [-0.15, -0.1) is 5.10 Å². The molecule has 0 radical (unpaired) electrons. The second kappa shape index (κ2) is 5.78. The maximum atomic E-state index is 12.2. The minimum atomic E-state index is -4.64. The molecule has 102 valence electrons. The monoisotopic (exact) mass is 267 g/mol. The molecule has 0 saturated heterocycles. The molecule has 7 nitrogen and oxygen atoms in total. The highest BCUT2D eigenvalue weighted by Crippen LogP contribution is 2.26. The highest BCUT2D eigenvalue weighted by atomic mass is 19.4. The van der Waals surface area contributed by atoms with E-state index in [9.17, 15) is 18.0 Å². The minimum Gasteiger partial charge on any atom is -0.380 e. The standard InChI is InChI=1S/C8H12F3N5O2/c1-18-4(3-12)2-5(17)13-7-14-6(15-16-7)8(9,10)11/h4H,2-3,12H2,1H3,(H2,13,14,15,16,17). The van der Waals surface area contributed by atoms with Crippen LogP contribution in [0.1, 0.15) is 12.2 Å². The zero-order valence-electron chi connectivity index (χ0n) is 9.41. The summed E-state index contributed by atoms with van der Waals surface area (Å²) in [5, 5.41) is 7.00. The molecular weight excluding hydrogens is 255 g/mol. The van der Waals surface area contributed by atoms with E-state index in [0.717, 1.165) is 0 Å². The summed E-state index contributed by atoms with van der Waals surface area (Å²) in [6.07, 6.45) is -5.24. The number of carbonyl (C=O) groups excluding carboxylic acids is 1. The van der Waals surface area contributed by atoms with Crippen molar-refractivity contribution in [3.8, 4) is 0 Å². The molecule has 0 aromatic carbocycles. The molecular formula is C8H12F3N5O2. The Morgan fingerprint density at radius 2 is 2.28 bits per heavy atom. The van der Waals surface area contributed by atoms with Gasteiger partial charge >= 0.3 is 6.18 Å². The molecule has 0 fully saturated rings. The van der Waals surface area contributed by atoms with Crippen LogP contribution < -0.4 is 11.1 Å². The molecule has 1 heterocycles. The predicted molar refractivity (Wildman–Crippen MR) is 54.5 cm³/mol. The van der Waals surface area contributed by atoms with Crippen molar-refractivity contribution >= 4 is 11.9 Å². The molecule has 0 aliphatic rings. The fourth-order valence-electron chi connectivity index (χ4n) is 1.09. The van der Waals surface area contributed by atoms with Crippen molar-refractivity contribution in [2.75, 3.05) is 19.0 Å². The van der Waals surface area contributed by atoms with E-state index in [-0.39, 0.29) is 13.0 Å². The molecule has 10 heteroatoms. The number of halogens is 3. The van der Waals surface area contributed by atoms with Crippen LogP contribution in [0.5, 0.6) is 0 Å². The molecule has 1 aromatic rings. The van der Waals surface area contributed by atoms with Crippen LogP contribution in [-0.4, -0.2) is 40.8 Å². The Balaban J connectivity index is 2.57. The Labute approximate surface area is 99.9 Å². The average molecular weight is 267 g/mol. The SMILES string of the molecule is COC(CN)CC(=O)Nc1n[nH]c(C(F)(F)F)n1. The number of alkyl halides is 3. The molecule has 18 heavy (non-hydrogen) atoms. The van der Waals surface area contributed by atoms with Gasteiger partial charge in [0.1, 0.15) is 0 Å². The van der Waals surface area contributed by atoms with E-state index < -0.39 is 30.0 Å². The van der Waals surface area contributed by atoms with Gasteiger partial charge in [0.15, 0.2) is 0 Å². The Morgan fingerprint density at radius 1 is 1.61 bits per heavy atom. The van der Waals surface area contributed by atoms with Crippen molar-refractivity contribution in [2.45, 2.75) is 18.7 Å². The van der Waals surface area contributed by atoms with Crippen molar-refractivity contribution in [3.63, 3.8) is 0 Å². The lowest BCUT2D eigenvalue weighted by Gasteiger charge is -2.11. The molecule has 1 unspecified atom stereocenters. The van der Waals surface area contributed by atoms with Crippen molar-refractivity contribution in [3.05, 3.63) is 5.82 Å². The number of hydrogen-bond acceptors (Lipinski definition) is 5. The van der Waals surface area contributed by atoms with E-state index in [0.29, 0.717) is 0 Å². The number of methoxy groups -OCH3 is 1. The lowest BCUT2D eigenvalue weighted by molar-refractivity contribution is -0.144. The molecule has 1 aromatic heterocycles. The third-order valence-corrected chi connectivity index (χ3v) is 2.01. The van der Waals surface area contributed by atoms with Crippen LogP contribution in [0.25, 0.3) is 0 Å². The quantitative estimate of drug-likeness (QED) is 0.703. The third kappa shape index (κ3) is 3.96. The summed E-state index contributed by atoms with van der Waals surface area (Å²) < 4.78 is 41.4. The van der Waals surface area contributed by atoms with E-state index in [1.54, 1.807) is 5.10 Å². The highest BCUT2D eigenvalue weighted by molar-refractivity contribution is 5.89. The molecule has 1 atom stereocenters.